The molecule has 40 heavy (non-hydrogen) atoms. The summed E-state index contributed by atoms with van der Waals surface area (Å²) >= 11 is 0. The standard InChI is InChI=1S/C26H26F2N6O5S/c1-38-24-22(32-40(36,37)23-5-3-18(27)14-20(23)28)13-17(15-30-24)16-2-4-21-19(12-16)25(35)34(26(29)31-21)7-6-33-8-10-39-11-9-33/h2-5,12-15,32H,6-11H2,1H3,(H2,29,31). The maximum atomic E-state index is 14.2. The van der Waals surface area contributed by atoms with Crippen molar-refractivity contribution in [3.63, 3.8) is 0 Å². The van der Waals surface area contributed by atoms with Crippen LogP contribution in [0.1, 0.15) is 0 Å². The first kappa shape index (κ1) is 27.4. The zero-order valence-electron chi connectivity index (χ0n) is 21.4. The largest absolute Gasteiger partial charge is 0.480 e. The zero-order chi connectivity index (χ0) is 28.4. The molecule has 0 amide bonds. The van der Waals surface area contributed by atoms with Crippen LogP contribution in [0.25, 0.3) is 22.0 Å². The molecule has 1 fully saturated rings. The number of nitrogens with two attached hydrogens (primary N) is 1. The van der Waals surface area contributed by atoms with Gasteiger partial charge in [0, 0.05) is 44.0 Å². The van der Waals surface area contributed by atoms with Crippen molar-refractivity contribution in [2.24, 2.45) is 0 Å². The van der Waals surface area contributed by atoms with E-state index in [4.69, 9.17) is 15.2 Å². The summed E-state index contributed by atoms with van der Waals surface area (Å²) in [5.74, 6) is -2.13. The van der Waals surface area contributed by atoms with Crippen molar-refractivity contribution >= 4 is 32.6 Å². The second kappa shape index (κ2) is 11.2. The van der Waals surface area contributed by atoms with Gasteiger partial charge in [0.15, 0.2) is 0 Å². The first-order chi connectivity index (χ1) is 19.2. The Bertz CT molecular complexity index is 1740. The van der Waals surface area contributed by atoms with Crippen LogP contribution in [0.2, 0.25) is 0 Å². The molecule has 2 aromatic carbocycles. The second-order valence-corrected chi connectivity index (χ2v) is 10.7. The molecule has 3 N–H and O–H groups in total. The lowest BCUT2D eigenvalue weighted by atomic mass is 10.1. The van der Waals surface area contributed by atoms with Crippen molar-refractivity contribution in [2.75, 3.05) is 50.4 Å². The van der Waals surface area contributed by atoms with Gasteiger partial charge in [0.2, 0.25) is 11.8 Å². The van der Waals surface area contributed by atoms with Gasteiger partial charge >= 0.3 is 0 Å². The summed E-state index contributed by atoms with van der Waals surface area (Å²) in [6.45, 7) is 3.77. The highest BCUT2D eigenvalue weighted by atomic mass is 32.2. The van der Waals surface area contributed by atoms with E-state index >= 15 is 0 Å². The van der Waals surface area contributed by atoms with Crippen molar-refractivity contribution in [3.05, 3.63) is 70.6 Å². The molecular weight excluding hydrogens is 546 g/mol. The number of nitrogen functional groups attached to an aromatic ring is 1. The molecule has 2 aromatic heterocycles. The summed E-state index contributed by atoms with van der Waals surface area (Å²) < 4.78 is 67.5. The number of nitrogens with one attached hydrogen (secondary N) is 1. The van der Waals surface area contributed by atoms with Gasteiger partial charge < -0.3 is 15.2 Å². The van der Waals surface area contributed by atoms with E-state index in [0.717, 1.165) is 25.2 Å². The van der Waals surface area contributed by atoms with Gasteiger partial charge in [-0.25, -0.2) is 27.2 Å². The number of benzene rings is 2. The molecule has 5 rings (SSSR count). The van der Waals surface area contributed by atoms with Gasteiger partial charge in [0.1, 0.15) is 22.2 Å². The number of morpholine rings is 1. The summed E-state index contributed by atoms with van der Waals surface area (Å²) in [6, 6.07) is 8.52. The lowest BCUT2D eigenvalue weighted by molar-refractivity contribution is 0.0363. The molecule has 11 nitrogen and oxygen atoms in total. The van der Waals surface area contributed by atoms with E-state index in [1.807, 2.05) is 0 Å². The molecule has 0 atom stereocenters. The van der Waals surface area contributed by atoms with E-state index < -0.39 is 26.6 Å². The third kappa shape index (κ3) is 5.59. The molecule has 14 heteroatoms. The Morgan fingerprint density at radius 2 is 1.85 bits per heavy atom. The molecule has 1 aliphatic heterocycles. The number of aromatic nitrogens is 3. The predicted molar refractivity (Wildman–Crippen MR) is 145 cm³/mol. The smallest absolute Gasteiger partial charge is 0.264 e. The van der Waals surface area contributed by atoms with E-state index in [1.54, 1.807) is 18.2 Å². The Balaban J connectivity index is 1.48. The van der Waals surface area contributed by atoms with Crippen LogP contribution in [0.5, 0.6) is 5.88 Å². The van der Waals surface area contributed by atoms with E-state index in [0.29, 0.717) is 54.4 Å². The minimum absolute atomic E-state index is 0.0736. The molecule has 1 aliphatic rings. The van der Waals surface area contributed by atoms with Crippen LogP contribution in [0, 0.1) is 11.6 Å². The molecule has 1 saturated heterocycles. The molecule has 0 unspecified atom stereocenters. The minimum atomic E-state index is -4.46. The number of ether oxygens (including phenoxy) is 2. The van der Waals surface area contributed by atoms with Crippen LogP contribution in [-0.2, 0) is 21.3 Å². The van der Waals surface area contributed by atoms with Gasteiger partial charge in [-0.3, -0.25) is 19.0 Å². The number of sulfonamides is 1. The summed E-state index contributed by atoms with van der Waals surface area (Å²) in [5.41, 5.74) is 7.09. The Hall–Kier alpha value is -4.14. The second-order valence-electron chi connectivity index (χ2n) is 9.07. The van der Waals surface area contributed by atoms with Gasteiger partial charge in [-0.05, 0) is 35.9 Å². The van der Waals surface area contributed by atoms with Crippen LogP contribution in [0.4, 0.5) is 20.4 Å². The fourth-order valence-electron chi connectivity index (χ4n) is 4.44. The topological polar surface area (TPSA) is 142 Å². The number of fused-ring (bicyclic) bond motifs is 1. The Labute approximate surface area is 228 Å². The monoisotopic (exact) mass is 572 g/mol. The lowest BCUT2D eigenvalue weighted by Crippen LogP contribution is -2.39. The summed E-state index contributed by atoms with van der Waals surface area (Å²) in [6.07, 6.45) is 1.44. The van der Waals surface area contributed by atoms with Gasteiger partial charge in [-0.15, -0.1) is 0 Å². The fourth-order valence-corrected chi connectivity index (χ4v) is 5.55. The van der Waals surface area contributed by atoms with Crippen molar-refractivity contribution in [1.29, 1.82) is 0 Å². The number of nitrogens with zero attached hydrogens (tertiary/aromatic N) is 4. The molecular formula is C26H26F2N6O5S. The molecule has 4 aromatic rings. The molecule has 0 bridgehead atoms. The third-order valence-corrected chi connectivity index (χ3v) is 7.93. The van der Waals surface area contributed by atoms with Crippen LogP contribution in [0.15, 0.2) is 58.4 Å². The van der Waals surface area contributed by atoms with Crippen molar-refractivity contribution in [1.82, 2.24) is 19.4 Å². The van der Waals surface area contributed by atoms with Crippen LogP contribution < -0.4 is 20.8 Å². The zero-order valence-corrected chi connectivity index (χ0v) is 22.2. The highest BCUT2D eigenvalue weighted by molar-refractivity contribution is 7.92. The Kier molecular flexibility index (Phi) is 7.65. The van der Waals surface area contributed by atoms with Gasteiger partial charge in [0.05, 0.1) is 31.2 Å². The molecule has 3 heterocycles. The third-order valence-electron chi connectivity index (χ3n) is 6.53. The van der Waals surface area contributed by atoms with E-state index in [1.165, 1.54) is 23.9 Å². The van der Waals surface area contributed by atoms with Crippen molar-refractivity contribution < 1.29 is 26.7 Å². The number of rotatable bonds is 8. The summed E-state index contributed by atoms with van der Waals surface area (Å²) in [5, 5.41) is 0.319. The number of anilines is 2. The number of hydrogen-bond acceptors (Lipinski definition) is 9. The molecule has 210 valence electrons. The molecule has 0 saturated carbocycles. The average Bonchev–Trinajstić information content (AvgIpc) is 2.93. The van der Waals surface area contributed by atoms with E-state index in [2.05, 4.69) is 19.6 Å². The predicted octanol–water partition coefficient (Wildman–Crippen LogP) is 2.46. The first-order valence-corrected chi connectivity index (χ1v) is 13.8. The maximum absolute atomic E-state index is 14.2. The lowest BCUT2D eigenvalue weighted by Gasteiger charge is -2.26. The van der Waals surface area contributed by atoms with Crippen LogP contribution in [0.3, 0.4) is 0 Å². The molecule has 0 spiro atoms. The summed E-state index contributed by atoms with van der Waals surface area (Å²) in [4.78, 5) is 23.4. The average molecular weight is 573 g/mol. The Morgan fingerprint density at radius 3 is 2.58 bits per heavy atom. The quantitative estimate of drug-likeness (QED) is 0.326. The molecule has 0 radical (unpaired) electrons. The highest BCUT2D eigenvalue weighted by Crippen LogP contribution is 2.31. The van der Waals surface area contributed by atoms with E-state index in [-0.39, 0.29) is 23.1 Å². The van der Waals surface area contributed by atoms with Gasteiger partial charge in [0.25, 0.3) is 15.6 Å². The first-order valence-electron chi connectivity index (χ1n) is 12.3. The number of methoxy groups -OCH3 is 1. The fraction of sp³-hybridized carbons (Fsp3) is 0.269. The number of hydrogen-bond donors (Lipinski definition) is 2. The number of halogens is 2. The minimum Gasteiger partial charge on any atom is -0.480 e. The van der Waals surface area contributed by atoms with E-state index in [9.17, 15) is 22.0 Å². The summed E-state index contributed by atoms with van der Waals surface area (Å²) in [7, 11) is -3.17. The Morgan fingerprint density at radius 1 is 1.07 bits per heavy atom. The van der Waals surface area contributed by atoms with Crippen LogP contribution >= 0.6 is 0 Å². The van der Waals surface area contributed by atoms with Gasteiger partial charge in [-0.1, -0.05) is 6.07 Å². The molecule has 0 aliphatic carbocycles. The highest BCUT2D eigenvalue weighted by Gasteiger charge is 2.22. The van der Waals surface area contributed by atoms with Crippen molar-refractivity contribution in [2.45, 2.75) is 11.4 Å². The maximum Gasteiger partial charge on any atom is 0.264 e. The number of pyridine rings is 1. The van der Waals surface area contributed by atoms with Gasteiger partial charge in [-0.2, -0.15) is 0 Å². The SMILES string of the molecule is COc1ncc(-c2ccc3nc(N)n(CCN4CCOCC4)c(=O)c3c2)cc1NS(=O)(=O)c1ccc(F)cc1F. The normalized spacial score (nSPS) is 14.4. The van der Waals surface area contributed by atoms with Crippen LogP contribution in [-0.4, -0.2) is 67.8 Å². The van der Waals surface area contributed by atoms with Crippen molar-refractivity contribution in [3.8, 4) is 17.0 Å².